The number of hydrogen-bond donors (Lipinski definition) is 1. The van der Waals surface area contributed by atoms with E-state index < -0.39 is 0 Å². The molecule has 6 heavy (non-hydrogen) atoms. The summed E-state index contributed by atoms with van der Waals surface area (Å²) in [5.41, 5.74) is 0. The van der Waals surface area contributed by atoms with Crippen molar-refractivity contribution in [1.29, 1.82) is 5.41 Å². The molecule has 0 aromatic heterocycles. The SMILES string of the molecule is CC(=N)N(C)C. The molecule has 36 valence electrons. The Morgan fingerprint density at radius 3 is 1.67 bits per heavy atom. The highest BCUT2D eigenvalue weighted by molar-refractivity contribution is 5.75. The molecule has 0 amide bonds. The molecular formula is C4H10N2. The van der Waals surface area contributed by atoms with Crippen LogP contribution in [0.25, 0.3) is 0 Å². The van der Waals surface area contributed by atoms with E-state index in [2.05, 4.69) is 0 Å². The van der Waals surface area contributed by atoms with Gasteiger partial charge in [-0.05, 0) is 6.92 Å². The standard InChI is InChI=1S/C4H10N2/c1-4(5)6(2)3/h5H,1-3H3. The molecule has 0 aromatic carbocycles. The molecule has 0 spiro atoms. The monoisotopic (exact) mass is 86.1 g/mol. The average Bonchev–Trinajstić information content (AvgIpc) is 1.36. The van der Waals surface area contributed by atoms with Crippen LogP contribution in [-0.2, 0) is 0 Å². The number of nitrogens with zero attached hydrogens (tertiary/aromatic N) is 1. The van der Waals surface area contributed by atoms with Gasteiger partial charge in [-0.15, -0.1) is 0 Å². The predicted octanol–water partition coefficient (Wildman–Crippen LogP) is 0.545. The lowest BCUT2D eigenvalue weighted by Gasteiger charge is -2.06. The molecule has 0 radical (unpaired) electrons. The van der Waals surface area contributed by atoms with Gasteiger partial charge in [-0.3, -0.25) is 5.41 Å². The van der Waals surface area contributed by atoms with Crippen LogP contribution in [0.4, 0.5) is 0 Å². The molecule has 0 bridgehead atoms. The molecule has 0 aliphatic heterocycles. The summed E-state index contributed by atoms with van der Waals surface area (Å²) in [5, 5.41) is 6.88. The molecule has 0 saturated heterocycles. The third kappa shape index (κ3) is 1.76. The lowest BCUT2D eigenvalue weighted by Crippen LogP contribution is -2.16. The van der Waals surface area contributed by atoms with Crippen LogP contribution in [0.2, 0.25) is 0 Å². The van der Waals surface area contributed by atoms with Gasteiger partial charge in [-0.25, -0.2) is 0 Å². The van der Waals surface area contributed by atoms with Gasteiger partial charge in [0, 0.05) is 14.1 Å². The number of amidine groups is 1. The highest BCUT2D eigenvalue weighted by atomic mass is 15.1. The second-order valence-electron chi connectivity index (χ2n) is 1.48. The van der Waals surface area contributed by atoms with Gasteiger partial charge >= 0.3 is 0 Å². The summed E-state index contributed by atoms with van der Waals surface area (Å²) in [6, 6.07) is 0. The van der Waals surface area contributed by atoms with Gasteiger partial charge in [0.2, 0.25) is 0 Å². The fourth-order valence-electron chi connectivity index (χ4n) is 0. The summed E-state index contributed by atoms with van der Waals surface area (Å²) >= 11 is 0. The van der Waals surface area contributed by atoms with Crippen LogP contribution >= 0.6 is 0 Å². The maximum atomic E-state index is 6.88. The zero-order chi connectivity index (χ0) is 5.15. The molecule has 0 fully saturated rings. The fraction of sp³-hybridized carbons (Fsp3) is 0.750. The van der Waals surface area contributed by atoms with Crippen LogP contribution in [0.15, 0.2) is 0 Å². The summed E-state index contributed by atoms with van der Waals surface area (Å²) < 4.78 is 0. The van der Waals surface area contributed by atoms with Gasteiger partial charge in [0.15, 0.2) is 0 Å². The Kier molecular flexibility index (Phi) is 1.64. The van der Waals surface area contributed by atoms with Gasteiger partial charge in [0.1, 0.15) is 0 Å². The van der Waals surface area contributed by atoms with E-state index in [1.54, 1.807) is 11.8 Å². The first-order valence-corrected chi connectivity index (χ1v) is 1.87. The molecule has 0 saturated carbocycles. The summed E-state index contributed by atoms with van der Waals surface area (Å²) in [5.74, 6) is 0.593. The molecule has 2 heteroatoms. The lowest BCUT2D eigenvalue weighted by atomic mass is 10.6. The Bertz CT molecular complexity index is 56.6. The van der Waals surface area contributed by atoms with Gasteiger partial charge in [0.25, 0.3) is 0 Å². The minimum Gasteiger partial charge on any atom is -0.367 e. The van der Waals surface area contributed by atoms with Crippen molar-refractivity contribution < 1.29 is 0 Å². The predicted molar refractivity (Wildman–Crippen MR) is 27.1 cm³/mol. The smallest absolute Gasteiger partial charge is 0.0920 e. The zero-order valence-electron chi connectivity index (χ0n) is 4.45. The highest BCUT2D eigenvalue weighted by Gasteiger charge is 1.81. The Balaban J connectivity index is 3.26. The highest BCUT2D eigenvalue weighted by Crippen LogP contribution is 1.70. The molecule has 0 heterocycles. The Labute approximate surface area is 38.3 Å². The van der Waals surface area contributed by atoms with E-state index in [4.69, 9.17) is 5.41 Å². The third-order valence-electron chi connectivity index (χ3n) is 0.671. The number of nitrogens with one attached hydrogen (secondary N) is 1. The molecule has 0 aromatic rings. The lowest BCUT2D eigenvalue weighted by molar-refractivity contribution is 0.613. The van der Waals surface area contributed by atoms with Crippen molar-refractivity contribution in [2.24, 2.45) is 0 Å². The van der Waals surface area contributed by atoms with Crippen molar-refractivity contribution in [3.63, 3.8) is 0 Å². The normalized spacial score (nSPS) is 7.83. The Morgan fingerprint density at radius 1 is 1.50 bits per heavy atom. The van der Waals surface area contributed by atoms with E-state index in [0.29, 0.717) is 5.84 Å². The second kappa shape index (κ2) is 1.80. The van der Waals surface area contributed by atoms with Crippen LogP contribution in [0.5, 0.6) is 0 Å². The Hall–Kier alpha value is -0.530. The molecule has 0 atom stereocenters. The summed E-state index contributed by atoms with van der Waals surface area (Å²) in [6.07, 6.45) is 0. The second-order valence-corrected chi connectivity index (χ2v) is 1.48. The maximum Gasteiger partial charge on any atom is 0.0920 e. The summed E-state index contributed by atoms with van der Waals surface area (Å²) in [6.45, 7) is 1.75. The van der Waals surface area contributed by atoms with Crippen LogP contribution in [0, 0.1) is 5.41 Å². The topological polar surface area (TPSA) is 27.1 Å². The molecular weight excluding hydrogens is 76.1 g/mol. The number of hydrogen-bond acceptors (Lipinski definition) is 1. The average molecular weight is 86.1 g/mol. The molecule has 2 nitrogen and oxygen atoms in total. The quantitative estimate of drug-likeness (QED) is 0.338. The molecule has 0 aliphatic carbocycles. The third-order valence-corrected chi connectivity index (χ3v) is 0.671. The van der Waals surface area contributed by atoms with Crippen LogP contribution in [0.1, 0.15) is 6.92 Å². The molecule has 0 aliphatic rings. The first kappa shape index (κ1) is 5.47. The zero-order valence-corrected chi connectivity index (χ0v) is 4.45. The van der Waals surface area contributed by atoms with E-state index >= 15 is 0 Å². The van der Waals surface area contributed by atoms with Crippen molar-refractivity contribution >= 4 is 5.84 Å². The van der Waals surface area contributed by atoms with Gasteiger partial charge in [-0.1, -0.05) is 0 Å². The van der Waals surface area contributed by atoms with E-state index in [1.807, 2.05) is 14.1 Å². The van der Waals surface area contributed by atoms with Crippen molar-refractivity contribution in [3.8, 4) is 0 Å². The molecule has 0 unspecified atom stereocenters. The van der Waals surface area contributed by atoms with Crippen molar-refractivity contribution in [3.05, 3.63) is 0 Å². The Morgan fingerprint density at radius 2 is 1.67 bits per heavy atom. The van der Waals surface area contributed by atoms with Crippen LogP contribution < -0.4 is 0 Å². The van der Waals surface area contributed by atoms with Crippen LogP contribution in [-0.4, -0.2) is 24.8 Å². The van der Waals surface area contributed by atoms with Gasteiger partial charge in [0.05, 0.1) is 5.84 Å². The summed E-state index contributed by atoms with van der Waals surface area (Å²) in [7, 11) is 3.70. The van der Waals surface area contributed by atoms with Crippen molar-refractivity contribution in [2.45, 2.75) is 6.92 Å². The molecule has 0 rings (SSSR count). The molecule has 1 N–H and O–H groups in total. The first-order chi connectivity index (χ1) is 2.64. The van der Waals surface area contributed by atoms with Gasteiger partial charge < -0.3 is 4.90 Å². The van der Waals surface area contributed by atoms with Crippen LogP contribution in [0.3, 0.4) is 0 Å². The van der Waals surface area contributed by atoms with Gasteiger partial charge in [-0.2, -0.15) is 0 Å². The minimum atomic E-state index is 0.593. The first-order valence-electron chi connectivity index (χ1n) is 1.87. The van der Waals surface area contributed by atoms with E-state index in [-0.39, 0.29) is 0 Å². The van der Waals surface area contributed by atoms with E-state index in [9.17, 15) is 0 Å². The largest absolute Gasteiger partial charge is 0.367 e. The fourth-order valence-corrected chi connectivity index (χ4v) is 0. The van der Waals surface area contributed by atoms with Crippen molar-refractivity contribution in [2.75, 3.05) is 14.1 Å². The minimum absolute atomic E-state index is 0.593. The maximum absolute atomic E-state index is 6.88. The van der Waals surface area contributed by atoms with E-state index in [1.165, 1.54) is 0 Å². The van der Waals surface area contributed by atoms with Crippen molar-refractivity contribution in [1.82, 2.24) is 4.90 Å². The number of rotatable bonds is 0. The summed E-state index contributed by atoms with van der Waals surface area (Å²) in [4.78, 5) is 1.75. The van der Waals surface area contributed by atoms with E-state index in [0.717, 1.165) is 0 Å².